The number of ether oxygens (including phenoxy) is 1. The normalized spacial score (nSPS) is 24.9. The molecule has 0 saturated carbocycles. The van der Waals surface area contributed by atoms with Crippen LogP contribution in [0.2, 0.25) is 0 Å². The summed E-state index contributed by atoms with van der Waals surface area (Å²) in [6.45, 7) is 10.1. The lowest BCUT2D eigenvalue weighted by molar-refractivity contribution is 0.152. The fraction of sp³-hybridized carbons (Fsp3) is 0.571. The highest BCUT2D eigenvalue weighted by molar-refractivity contribution is 5.36. The van der Waals surface area contributed by atoms with Crippen LogP contribution in [-0.4, -0.2) is 38.2 Å². The molecule has 0 spiro atoms. The third-order valence-corrected chi connectivity index (χ3v) is 3.55. The number of likely N-dealkylation sites (N-methyl/N-ethyl adjacent to an activating group) is 1. The van der Waals surface area contributed by atoms with Crippen LogP contribution < -0.4 is 5.32 Å². The average Bonchev–Trinajstić information content (AvgIpc) is 2.51. The predicted molar refractivity (Wildman–Crippen MR) is 70.6 cm³/mol. The SMILES string of the molecule is C=C1CCNCC/C1=C/C1=C(C)N(C)CCO1. The maximum Gasteiger partial charge on any atom is 0.138 e. The minimum atomic E-state index is 0.775. The minimum Gasteiger partial charge on any atom is -0.490 e. The molecule has 0 aromatic rings. The molecule has 0 aromatic carbocycles. The summed E-state index contributed by atoms with van der Waals surface area (Å²) in [6.07, 6.45) is 4.26. The highest BCUT2D eigenvalue weighted by Gasteiger charge is 2.15. The molecule has 0 aliphatic carbocycles. The van der Waals surface area contributed by atoms with E-state index in [1.165, 1.54) is 16.8 Å². The van der Waals surface area contributed by atoms with Crippen LogP contribution in [0.1, 0.15) is 19.8 Å². The van der Waals surface area contributed by atoms with E-state index >= 15 is 0 Å². The number of nitrogens with zero attached hydrogens (tertiary/aromatic N) is 1. The molecule has 2 aliphatic heterocycles. The fourth-order valence-corrected chi connectivity index (χ4v) is 2.16. The van der Waals surface area contributed by atoms with E-state index in [0.29, 0.717) is 0 Å². The first-order valence-corrected chi connectivity index (χ1v) is 6.32. The number of allylic oxidation sites excluding steroid dienone is 2. The third kappa shape index (κ3) is 2.91. The summed E-state index contributed by atoms with van der Waals surface area (Å²) < 4.78 is 5.75. The molecule has 0 radical (unpaired) electrons. The summed E-state index contributed by atoms with van der Waals surface area (Å²) in [6, 6.07) is 0. The summed E-state index contributed by atoms with van der Waals surface area (Å²) in [5.41, 5.74) is 3.79. The molecular formula is C14H22N2O. The first-order valence-electron chi connectivity index (χ1n) is 6.32. The van der Waals surface area contributed by atoms with Gasteiger partial charge in [-0.05, 0) is 44.5 Å². The maximum atomic E-state index is 5.75. The van der Waals surface area contributed by atoms with Crippen molar-refractivity contribution in [2.75, 3.05) is 33.3 Å². The molecule has 3 nitrogen and oxygen atoms in total. The van der Waals surface area contributed by atoms with Gasteiger partial charge in [-0.1, -0.05) is 12.2 Å². The van der Waals surface area contributed by atoms with E-state index in [-0.39, 0.29) is 0 Å². The Bertz CT molecular complexity index is 368. The maximum absolute atomic E-state index is 5.75. The summed E-state index contributed by atoms with van der Waals surface area (Å²) in [5, 5.41) is 3.40. The quantitative estimate of drug-likeness (QED) is 0.751. The summed E-state index contributed by atoms with van der Waals surface area (Å²) in [4.78, 5) is 2.24. The molecule has 2 rings (SSSR count). The van der Waals surface area contributed by atoms with Crippen LogP contribution in [0, 0.1) is 0 Å². The van der Waals surface area contributed by atoms with E-state index in [2.05, 4.69) is 36.8 Å². The van der Waals surface area contributed by atoms with Gasteiger partial charge in [-0.3, -0.25) is 0 Å². The molecule has 1 saturated heterocycles. The van der Waals surface area contributed by atoms with Crippen molar-refractivity contribution < 1.29 is 4.74 Å². The molecule has 2 heterocycles. The lowest BCUT2D eigenvalue weighted by Crippen LogP contribution is -2.27. The molecule has 0 unspecified atom stereocenters. The van der Waals surface area contributed by atoms with E-state index in [1.54, 1.807) is 0 Å². The van der Waals surface area contributed by atoms with Crippen LogP contribution in [-0.2, 0) is 4.74 Å². The Balaban J connectivity index is 2.21. The van der Waals surface area contributed by atoms with Crippen molar-refractivity contribution in [2.45, 2.75) is 19.8 Å². The van der Waals surface area contributed by atoms with E-state index < -0.39 is 0 Å². The van der Waals surface area contributed by atoms with Gasteiger partial charge >= 0.3 is 0 Å². The Morgan fingerprint density at radius 3 is 2.94 bits per heavy atom. The van der Waals surface area contributed by atoms with Gasteiger partial charge in [-0.25, -0.2) is 0 Å². The van der Waals surface area contributed by atoms with Gasteiger partial charge in [0.25, 0.3) is 0 Å². The van der Waals surface area contributed by atoms with Crippen LogP contribution in [0.5, 0.6) is 0 Å². The molecule has 0 aromatic heterocycles. The lowest BCUT2D eigenvalue weighted by atomic mass is 10.0. The van der Waals surface area contributed by atoms with Crippen LogP contribution in [0.3, 0.4) is 0 Å². The Morgan fingerprint density at radius 2 is 2.12 bits per heavy atom. The standard InChI is InChI=1S/C14H22N2O/c1-11-4-6-15-7-5-13(11)10-14-12(2)16(3)8-9-17-14/h10,15H,1,4-9H2,2-3H3/b13-10-. The largest absolute Gasteiger partial charge is 0.490 e. The lowest BCUT2D eigenvalue weighted by Gasteiger charge is -2.28. The van der Waals surface area contributed by atoms with Gasteiger partial charge in [-0.15, -0.1) is 0 Å². The first kappa shape index (κ1) is 12.2. The zero-order valence-corrected chi connectivity index (χ0v) is 10.9. The van der Waals surface area contributed by atoms with Crippen molar-refractivity contribution in [3.05, 3.63) is 35.3 Å². The molecular weight excluding hydrogens is 212 g/mol. The van der Waals surface area contributed by atoms with Gasteiger partial charge < -0.3 is 15.0 Å². The Kier molecular flexibility index (Phi) is 3.89. The molecule has 1 fully saturated rings. The van der Waals surface area contributed by atoms with Crippen LogP contribution in [0.15, 0.2) is 35.3 Å². The van der Waals surface area contributed by atoms with Gasteiger partial charge in [0.05, 0.1) is 12.2 Å². The zero-order chi connectivity index (χ0) is 12.3. The topological polar surface area (TPSA) is 24.5 Å². The number of hydrogen-bond acceptors (Lipinski definition) is 3. The highest BCUT2D eigenvalue weighted by atomic mass is 16.5. The van der Waals surface area contributed by atoms with Crippen LogP contribution in [0.4, 0.5) is 0 Å². The Hall–Kier alpha value is -1.22. The molecule has 1 N–H and O–H groups in total. The number of rotatable bonds is 1. The van der Waals surface area contributed by atoms with Gasteiger partial charge in [0.15, 0.2) is 0 Å². The molecule has 0 atom stereocenters. The van der Waals surface area contributed by atoms with E-state index in [1.807, 2.05) is 0 Å². The smallest absolute Gasteiger partial charge is 0.138 e. The van der Waals surface area contributed by atoms with Crippen molar-refractivity contribution in [3.8, 4) is 0 Å². The zero-order valence-electron chi connectivity index (χ0n) is 10.9. The van der Waals surface area contributed by atoms with Gasteiger partial charge in [-0.2, -0.15) is 0 Å². The molecule has 2 aliphatic rings. The summed E-state index contributed by atoms with van der Waals surface area (Å²) in [5.74, 6) is 1.01. The van der Waals surface area contributed by atoms with Crippen molar-refractivity contribution in [1.29, 1.82) is 0 Å². The van der Waals surface area contributed by atoms with E-state index in [0.717, 1.165) is 44.8 Å². The van der Waals surface area contributed by atoms with Crippen LogP contribution in [0.25, 0.3) is 0 Å². The second kappa shape index (κ2) is 5.41. The van der Waals surface area contributed by atoms with E-state index in [4.69, 9.17) is 4.74 Å². The second-order valence-electron chi connectivity index (χ2n) is 4.74. The molecule has 0 bridgehead atoms. The Morgan fingerprint density at radius 1 is 1.35 bits per heavy atom. The average molecular weight is 234 g/mol. The number of nitrogens with one attached hydrogen (secondary N) is 1. The monoisotopic (exact) mass is 234 g/mol. The molecule has 0 amide bonds. The van der Waals surface area contributed by atoms with Crippen LogP contribution >= 0.6 is 0 Å². The minimum absolute atomic E-state index is 0.775. The first-order chi connectivity index (χ1) is 8.18. The molecule has 94 valence electrons. The molecule has 3 heteroatoms. The van der Waals surface area contributed by atoms with Gasteiger partial charge in [0.1, 0.15) is 12.4 Å². The summed E-state index contributed by atoms with van der Waals surface area (Å²) >= 11 is 0. The number of hydrogen-bond donors (Lipinski definition) is 1. The second-order valence-corrected chi connectivity index (χ2v) is 4.74. The predicted octanol–water partition coefficient (Wildman–Crippen LogP) is 2.05. The molecule has 17 heavy (non-hydrogen) atoms. The van der Waals surface area contributed by atoms with Crippen molar-refractivity contribution in [1.82, 2.24) is 10.2 Å². The van der Waals surface area contributed by atoms with E-state index in [9.17, 15) is 0 Å². The van der Waals surface area contributed by atoms with Crippen molar-refractivity contribution >= 4 is 0 Å². The van der Waals surface area contributed by atoms with Crippen molar-refractivity contribution in [2.24, 2.45) is 0 Å². The van der Waals surface area contributed by atoms with Crippen molar-refractivity contribution in [3.63, 3.8) is 0 Å². The fourth-order valence-electron chi connectivity index (χ4n) is 2.16. The highest BCUT2D eigenvalue weighted by Crippen LogP contribution is 2.23. The van der Waals surface area contributed by atoms with Gasteiger partial charge in [0.2, 0.25) is 0 Å². The van der Waals surface area contributed by atoms with Gasteiger partial charge in [0, 0.05) is 7.05 Å². The summed E-state index contributed by atoms with van der Waals surface area (Å²) in [7, 11) is 2.11. The Labute approximate surface area is 104 Å². The third-order valence-electron chi connectivity index (χ3n) is 3.55.